The first kappa shape index (κ1) is 14.2. The topological polar surface area (TPSA) is 77.3 Å². The Morgan fingerprint density at radius 2 is 2.04 bits per heavy atom. The van der Waals surface area contributed by atoms with E-state index in [4.69, 9.17) is 10.7 Å². The fraction of sp³-hybridized carbons (Fsp3) is 0.438. The Balaban J connectivity index is 1.74. The number of anilines is 1. The van der Waals surface area contributed by atoms with Gasteiger partial charge in [-0.3, -0.25) is 4.68 Å². The van der Waals surface area contributed by atoms with Crippen LogP contribution in [-0.2, 0) is 7.05 Å². The standard InChI is InChI=1S/C16H21N7/c1-21-10-13(9-19-21)14-11-23-15(2-5-18-23)16(20-14)22-6-3-12(8-17)4-7-22/h2,5,9-12H,3-4,6-8,17H2,1H3. The largest absolute Gasteiger partial charge is 0.355 e. The molecule has 1 aliphatic rings. The number of rotatable bonds is 3. The van der Waals surface area contributed by atoms with Gasteiger partial charge in [-0.1, -0.05) is 0 Å². The Labute approximate surface area is 134 Å². The minimum Gasteiger partial charge on any atom is -0.355 e. The number of fused-ring (bicyclic) bond motifs is 1. The van der Waals surface area contributed by atoms with Gasteiger partial charge in [0, 0.05) is 31.9 Å². The van der Waals surface area contributed by atoms with E-state index >= 15 is 0 Å². The highest BCUT2D eigenvalue weighted by atomic mass is 15.3. The molecule has 120 valence electrons. The SMILES string of the molecule is Cn1cc(-c2cn3nccc3c(N3CCC(CN)CC3)n2)cn1. The lowest BCUT2D eigenvalue weighted by molar-refractivity contribution is 0.413. The maximum absolute atomic E-state index is 5.81. The predicted octanol–water partition coefficient (Wildman–Crippen LogP) is 1.30. The Morgan fingerprint density at radius 3 is 2.74 bits per heavy atom. The number of aromatic nitrogens is 5. The minimum atomic E-state index is 0.633. The molecule has 0 saturated carbocycles. The van der Waals surface area contributed by atoms with Crippen molar-refractivity contribution in [1.82, 2.24) is 24.4 Å². The third-order valence-corrected chi connectivity index (χ3v) is 4.62. The summed E-state index contributed by atoms with van der Waals surface area (Å²) >= 11 is 0. The zero-order valence-electron chi connectivity index (χ0n) is 13.3. The minimum absolute atomic E-state index is 0.633. The van der Waals surface area contributed by atoms with Crippen LogP contribution in [0.3, 0.4) is 0 Å². The van der Waals surface area contributed by atoms with Crippen LogP contribution in [-0.4, -0.2) is 44.0 Å². The van der Waals surface area contributed by atoms with Gasteiger partial charge in [0.25, 0.3) is 0 Å². The molecule has 0 unspecified atom stereocenters. The van der Waals surface area contributed by atoms with Gasteiger partial charge in [-0.2, -0.15) is 10.2 Å². The summed E-state index contributed by atoms with van der Waals surface area (Å²) in [7, 11) is 1.91. The van der Waals surface area contributed by atoms with Crippen molar-refractivity contribution in [3.05, 3.63) is 30.9 Å². The third-order valence-electron chi connectivity index (χ3n) is 4.62. The number of hydrogen-bond donors (Lipinski definition) is 1. The summed E-state index contributed by atoms with van der Waals surface area (Å²) in [5.74, 6) is 1.63. The summed E-state index contributed by atoms with van der Waals surface area (Å²) in [5, 5.41) is 8.64. The van der Waals surface area contributed by atoms with E-state index in [1.54, 1.807) is 4.68 Å². The number of hydrogen-bond acceptors (Lipinski definition) is 5. The molecular weight excluding hydrogens is 290 g/mol. The van der Waals surface area contributed by atoms with E-state index < -0.39 is 0 Å². The molecule has 1 fully saturated rings. The highest BCUT2D eigenvalue weighted by molar-refractivity contribution is 5.72. The average Bonchev–Trinajstić information content (AvgIpc) is 3.22. The van der Waals surface area contributed by atoms with Crippen molar-refractivity contribution in [2.45, 2.75) is 12.8 Å². The number of nitrogens with zero attached hydrogens (tertiary/aromatic N) is 6. The first-order valence-corrected chi connectivity index (χ1v) is 8.03. The van der Waals surface area contributed by atoms with E-state index in [-0.39, 0.29) is 0 Å². The van der Waals surface area contributed by atoms with E-state index in [2.05, 4.69) is 15.1 Å². The Morgan fingerprint density at radius 1 is 1.22 bits per heavy atom. The lowest BCUT2D eigenvalue weighted by atomic mass is 9.97. The molecule has 1 aliphatic heterocycles. The quantitative estimate of drug-likeness (QED) is 0.789. The van der Waals surface area contributed by atoms with Crippen molar-refractivity contribution >= 4 is 11.3 Å². The van der Waals surface area contributed by atoms with Gasteiger partial charge >= 0.3 is 0 Å². The van der Waals surface area contributed by atoms with Gasteiger partial charge in [0.15, 0.2) is 5.82 Å². The molecule has 4 rings (SSSR count). The van der Waals surface area contributed by atoms with E-state index in [0.29, 0.717) is 5.92 Å². The fourth-order valence-corrected chi connectivity index (χ4v) is 3.22. The number of nitrogens with two attached hydrogens (primary N) is 1. The van der Waals surface area contributed by atoms with Gasteiger partial charge in [0.05, 0.1) is 24.3 Å². The van der Waals surface area contributed by atoms with E-state index in [1.165, 1.54) is 0 Å². The summed E-state index contributed by atoms with van der Waals surface area (Å²) < 4.78 is 3.69. The van der Waals surface area contributed by atoms with Crippen LogP contribution in [0.4, 0.5) is 5.82 Å². The van der Waals surface area contributed by atoms with Crippen LogP contribution in [0.5, 0.6) is 0 Å². The molecule has 0 amide bonds. The second-order valence-electron chi connectivity index (χ2n) is 6.18. The van der Waals surface area contributed by atoms with Gasteiger partial charge in [0.1, 0.15) is 5.52 Å². The normalized spacial score (nSPS) is 16.3. The first-order chi connectivity index (χ1) is 11.2. The first-order valence-electron chi connectivity index (χ1n) is 8.03. The molecule has 0 aliphatic carbocycles. The van der Waals surface area contributed by atoms with Crippen LogP contribution < -0.4 is 10.6 Å². The van der Waals surface area contributed by atoms with Crippen molar-refractivity contribution < 1.29 is 0 Å². The molecule has 0 spiro atoms. The molecule has 0 atom stereocenters. The summed E-state index contributed by atoms with van der Waals surface area (Å²) in [4.78, 5) is 7.26. The molecular formula is C16H21N7. The van der Waals surface area contributed by atoms with E-state index in [9.17, 15) is 0 Å². The van der Waals surface area contributed by atoms with Crippen molar-refractivity contribution in [3.63, 3.8) is 0 Å². The third kappa shape index (κ3) is 2.57. The van der Waals surface area contributed by atoms with Gasteiger partial charge in [-0.05, 0) is 31.4 Å². The summed E-state index contributed by atoms with van der Waals surface area (Å²) in [5.41, 5.74) is 8.75. The summed E-state index contributed by atoms with van der Waals surface area (Å²) in [6.07, 6.45) is 9.83. The van der Waals surface area contributed by atoms with Crippen molar-refractivity contribution in [3.8, 4) is 11.3 Å². The lowest BCUT2D eigenvalue weighted by Crippen LogP contribution is -2.36. The Hall–Kier alpha value is -2.41. The van der Waals surface area contributed by atoms with Crippen LogP contribution >= 0.6 is 0 Å². The van der Waals surface area contributed by atoms with Crippen LogP contribution in [0.25, 0.3) is 16.8 Å². The van der Waals surface area contributed by atoms with Gasteiger partial charge in [-0.15, -0.1) is 0 Å². The van der Waals surface area contributed by atoms with Gasteiger partial charge in [0.2, 0.25) is 0 Å². The zero-order chi connectivity index (χ0) is 15.8. The zero-order valence-corrected chi connectivity index (χ0v) is 13.3. The van der Waals surface area contributed by atoms with Crippen molar-refractivity contribution in [2.24, 2.45) is 18.7 Å². The number of aryl methyl sites for hydroxylation is 1. The van der Waals surface area contributed by atoms with Crippen LogP contribution in [0.2, 0.25) is 0 Å². The van der Waals surface area contributed by atoms with E-state index in [1.807, 2.05) is 42.4 Å². The highest BCUT2D eigenvalue weighted by Crippen LogP contribution is 2.28. The molecule has 0 radical (unpaired) electrons. The molecule has 4 heterocycles. The molecule has 23 heavy (non-hydrogen) atoms. The molecule has 7 heteroatoms. The number of piperidine rings is 1. The molecule has 3 aromatic heterocycles. The second kappa shape index (κ2) is 5.66. The smallest absolute Gasteiger partial charge is 0.155 e. The second-order valence-corrected chi connectivity index (χ2v) is 6.18. The maximum Gasteiger partial charge on any atom is 0.155 e. The highest BCUT2D eigenvalue weighted by Gasteiger charge is 2.22. The Kier molecular flexibility index (Phi) is 3.49. The maximum atomic E-state index is 5.81. The van der Waals surface area contributed by atoms with Crippen molar-refractivity contribution in [2.75, 3.05) is 24.5 Å². The van der Waals surface area contributed by atoms with E-state index in [0.717, 1.165) is 55.1 Å². The van der Waals surface area contributed by atoms with Crippen LogP contribution in [0, 0.1) is 5.92 Å². The Bertz CT molecular complexity index is 811. The van der Waals surface area contributed by atoms with Crippen LogP contribution in [0.15, 0.2) is 30.9 Å². The predicted molar refractivity (Wildman–Crippen MR) is 89.2 cm³/mol. The lowest BCUT2D eigenvalue weighted by Gasteiger charge is -2.32. The summed E-state index contributed by atoms with van der Waals surface area (Å²) in [6.45, 7) is 2.76. The van der Waals surface area contributed by atoms with Gasteiger partial charge in [-0.25, -0.2) is 9.50 Å². The molecule has 2 N–H and O–H groups in total. The summed E-state index contributed by atoms with van der Waals surface area (Å²) in [6, 6.07) is 2.02. The molecule has 7 nitrogen and oxygen atoms in total. The molecule has 1 saturated heterocycles. The van der Waals surface area contributed by atoms with Crippen molar-refractivity contribution in [1.29, 1.82) is 0 Å². The average molecular weight is 311 g/mol. The van der Waals surface area contributed by atoms with Gasteiger partial charge < -0.3 is 10.6 Å². The molecule has 0 bridgehead atoms. The monoisotopic (exact) mass is 311 g/mol. The molecule has 3 aromatic rings. The molecule has 0 aromatic carbocycles. The fourth-order valence-electron chi connectivity index (χ4n) is 3.22. The van der Waals surface area contributed by atoms with Crippen LogP contribution in [0.1, 0.15) is 12.8 Å².